The van der Waals surface area contributed by atoms with Crippen LogP contribution in [0.4, 0.5) is 17.2 Å². The van der Waals surface area contributed by atoms with E-state index in [9.17, 15) is 14.4 Å². The summed E-state index contributed by atoms with van der Waals surface area (Å²) in [4.78, 5) is 56.7. The molecule has 2 aliphatic carbocycles. The molecule has 53 heavy (non-hydrogen) atoms. The second kappa shape index (κ2) is 13.0. The third kappa shape index (κ3) is 5.70. The highest BCUT2D eigenvalue weighted by Gasteiger charge is 2.55. The van der Waals surface area contributed by atoms with Gasteiger partial charge in [-0.1, -0.05) is 18.6 Å². The maximum absolute atomic E-state index is 14.8. The molecule has 3 aliphatic heterocycles. The monoisotopic (exact) mass is 714 g/mol. The van der Waals surface area contributed by atoms with E-state index in [0.29, 0.717) is 49.4 Å². The second-order valence-electron chi connectivity index (χ2n) is 16.1. The number of benzene rings is 2. The molecule has 5 aliphatic rings. The predicted molar refractivity (Wildman–Crippen MR) is 207 cm³/mol. The van der Waals surface area contributed by atoms with Crippen molar-refractivity contribution in [3.05, 3.63) is 65.0 Å². The Labute approximate surface area is 311 Å². The quantitative estimate of drug-likeness (QED) is 0.228. The van der Waals surface area contributed by atoms with Gasteiger partial charge in [0.1, 0.15) is 5.52 Å². The number of anilines is 3. The first-order valence-electron chi connectivity index (χ1n) is 19.6. The minimum Gasteiger partial charge on any atom is -0.355 e. The van der Waals surface area contributed by atoms with Crippen LogP contribution in [-0.2, 0) is 15.0 Å². The van der Waals surface area contributed by atoms with E-state index in [1.807, 2.05) is 31.1 Å². The fourth-order valence-electron chi connectivity index (χ4n) is 9.51. The number of aromatic nitrogens is 3. The number of amides is 3. The number of likely N-dealkylation sites (tertiary alicyclic amines) is 2. The van der Waals surface area contributed by atoms with Crippen molar-refractivity contribution in [1.29, 1.82) is 0 Å². The second-order valence-corrected chi connectivity index (χ2v) is 16.1. The molecule has 9 rings (SSSR count). The molecule has 4 aromatic rings. The zero-order valence-corrected chi connectivity index (χ0v) is 31.4. The summed E-state index contributed by atoms with van der Waals surface area (Å²) >= 11 is 0. The molecule has 1 spiro atoms. The Morgan fingerprint density at radius 2 is 1.66 bits per heavy atom. The summed E-state index contributed by atoms with van der Waals surface area (Å²) in [6.07, 6.45) is 11.2. The fourth-order valence-corrected chi connectivity index (χ4v) is 9.51. The SMILES string of the molecule is CNC(=O)c1cc(Nc2nc(-c3ccc4c(c3)N(C3CC(N5CCCCC5)C3)C(=O)C43CCN(C(C)=O)CC3)cc3ncn(C4CC4)c23)cc(C)c1C. The number of nitrogens with one attached hydrogen (secondary N) is 2. The number of carbonyl (C=O) groups excluding carboxylic acids is 3. The summed E-state index contributed by atoms with van der Waals surface area (Å²) in [6, 6.07) is 13.6. The lowest BCUT2D eigenvalue weighted by Gasteiger charge is -2.48. The van der Waals surface area contributed by atoms with Gasteiger partial charge < -0.3 is 29.9 Å². The van der Waals surface area contributed by atoms with Gasteiger partial charge in [-0.25, -0.2) is 9.97 Å². The first-order chi connectivity index (χ1) is 25.6. The molecule has 0 bridgehead atoms. The molecular weight excluding hydrogens is 665 g/mol. The van der Waals surface area contributed by atoms with E-state index in [2.05, 4.69) is 55.3 Å². The Balaban J connectivity index is 1.11. The highest BCUT2D eigenvalue weighted by atomic mass is 16.2. The molecule has 0 unspecified atom stereocenters. The molecule has 2 aromatic carbocycles. The summed E-state index contributed by atoms with van der Waals surface area (Å²) in [5, 5.41) is 6.38. The third-order valence-electron chi connectivity index (χ3n) is 13.0. The lowest BCUT2D eigenvalue weighted by molar-refractivity contribution is -0.134. The van der Waals surface area contributed by atoms with Crippen LogP contribution in [-0.4, -0.2) is 87.4 Å². The smallest absolute Gasteiger partial charge is 0.251 e. The molecule has 2 N–H and O–H groups in total. The molecule has 0 radical (unpaired) electrons. The Kier molecular flexibility index (Phi) is 8.32. The number of imidazole rings is 1. The fraction of sp³-hybridized carbons (Fsp3) is 0.500. The molecule has 2 aromatic heterocycles. The molecule has 11 nitrogen and oxygen atoms in total. The molecule has 2 saturated carbocycles. The zero-order valence-electron chi connectivity index (χ0n) is 31.4. The van der Waals surface area contributed by atoms with E-state index >= 15 is 0 Å². The minimum atomic E-state index is -0.616. The van der Waals surface area contributed by atoms with Gasteiger partial charge >= 0.3 is 0 Å². The summed E-state index contributed by atoms with van der Waals surface area (Å²) in [5.74, 6) is 0.838. The van der Waals surface area contributed by atoms with E-state index in [0.717, 1.165) is 89.1 Å². The van der Waals surface area contributed by atoms with Gasteiger partial charge in [0.15, 0.2) is 5.82 Å². The highest BCUT2D eigenvalue weighted by Crippen LogP contribution is 2.52. The van der Waals surface area contributed by atoms with Crippen LogP contribution in [0.5, 0.6) is 0 Å². The van der Waals surface area contributed by atoms with Crippen LogP contribution in [0.3, 0.4) is 0 Å². The number of piperidine rings is 2. The first kappa shape index (κ1) is 34.0. The van der Waals surface area contributed by atoms with Gasteiger partial charge in [0.05, 0.1) is 23.0 Å². The minimum absolute atomic E-state index is 0.0711. The van der Waals surface area contributed by atoms with Crippen molar-refractivity contribution in [2.75, 3.05) is 43.4 Å². The number of aryl methyl sites for hydroxylation is 1. The Morgan fingerprint density at radius 1 is 0.906 bits per heavy atom. The van der Waals surface area contributed by atoms with Crippen molar-refractivity contribution in [3.8, 4) is 11.3 Å². The summed E-state index contributed by atoms with van der Waals surface area (Å²) in [7, 11) is 1.65. The normalized spacial score (nSPS) is 22.6. The van der Waals surface area contributed by atoms with Crippen LogP contribution in [0.2, 0.25) is 0 Å². The Hall–Kier alpha value is -4.77. The summed E-state index contributed by atoms with van der Waals surface area (Å²) < 4.78 is 2.23. The van der Waals surface area contributed by atoms with Crippen LogP contribution in [0.1, 0.15) is 97.8 Å². The van der Waals surface area contributed by atoms with E-state index in [1.165, 1.54) is 19.3 Å². The number of hydrogen-bond acceptors (Lipinski definition) is 7. The predicted octanol–water partition coefficient (Wildman–Crippen LogP) is 6.40. The van der Waals surface area contributed by atoms with Gasteiger partial charge in [-0.15, -0.1) is 0 Å². The molecule has 5 heterocycles. The van der Waals surface area contributed by atoms with Gasteiger partial charge in [-0.2, -0.15) is 0 Å². The molecular formula is C42H50N8O3. The number of carbonyl (C=O) groups is 3. The van der Waals surface area contributed by atoms with Gasteiger partial charge in [-0.3, -0.25) is 14.4 Å². The highest BCUT2D eigenvalue weighted by molar-refractivity contribution is 6.09. The molecule has 4 fully saturated rings. The van der Waals surface area contributed by atoms with Crippen molar-refractivity contribution < 1.29 is 14.4 Å². The summed E-state index contributed by atoms with van der Waals surface area (Å²) in [6.45, 7) is 9.12. The number of fused-ring (bicyclic) bond motifs is 3. The molecule has 3 amide bonds. The lowest BCUT2D eigenvalue weighted by atomic mass is 9.73. The van der Waals surface area contributed by atoms with Crippen LogP contribution in [0.15, 0.2) is 42.7 Å². The van der Waals surface area contributed by atoms with E-state index in [4.69, 9.17) is 9.97 Å². The van der Waals surface area contributed by atoms with Crippen LogP contribution < -0.4 is 15.5 Å². The largest absolute Gasteiger partial charge is 0.355 e. The van der Waals surface area contributed by atoms with Crippen LogP contribution in [0, 0.1) is 13.8 Å². The van der Waals surface area contributed by atoms with Gasteiger partial charge in [0, 0.05) is 67.7 Å². The summed E-state index contributed by atoms with van der Waals surface area (Å²) in [5.41, 5.74) is 8.36. The molecule has 2 saturated heterocycles. The first-order valence-corrected chi connectivity index (χ1v) is 19.6. The Morgan fingerprint density at radius 3 is 2.36 bits per heavy atom. The standard InChI is InChI=1S/C42H50N8O3/c1-25-18-29(20-33(26(25)2)40(52)43-4)45-39-38-36(44-24-49(38)30-9-10-30)23-35(46-39)28-8-11-34-37(19-28)50(32-21-31(22-32)48-14-6-5-7-15-48)41(53)42(34)12-16-47(17-13-42)27(3)51/h8,11,18-20,23-24,30-32H,5-7,9-10,12-17,21-22H2,1-4H3,(H,43,52)(H,45,46). The zero-order chi connectivity index (χ0) is 36.6. The van der Waals surface area contributed by atoms with Crippen LogP contribution >= 0.6 is 0 Å². The van der Waals surface area contributed by atoms with Crippen molar-refractivity contribution >= 4 is 45.9 Å². The number of rotatable bonds is 7. The maximum atomic E-state index is 14.8. The van der Waals surface area contributed by atoms with Gasteiger partial charge in [-0.05, 0) is 119 Å². The van der Waals surface area contributed by atoms with Crippen LogP contribution in [0.25, 0.3) is 22.3 Å². The van der Waals surface area contributed by atoms with E-state index in [1.54, 1.807) is 14.0 Å². The Bertz CT molecular complexity index is 2130. The molecule has 11 heteroatoms. The van der Waals surface area contributed by atoms with E-state index in [-0.39, 0.29) is 23.8 Å². The van der Waals surface area contributed by atoms with Gasteiger partial charge in [0.25, 0.3) is 5.91 Å². The average molecular weight is 715 g/mol. The van der Waals surface area contributed by atoms with Crippen molar-refractivity contribution in [1.82, 2.24) is 29.7 Å². The number of hydrogen-bond donors (Lipinski definition) is 2. The topological polar surface area (TPSA) is 116 Å². The van der Waals surface area contributed by atoms with E-state index < -0.39 is 5.41 Å². The average Bonchev–Trinajstić information content (AvgIpc) is 3.87. The lowest BCUT2D eigenvalue weighted by Crippen LogP contribution is -2.58. The molecule has 0 atom stereocenters. The van der Waals surface area contributed by atoms with Crippen molar-refractivity contribution in [2.45, 2.75) is 102 Å². The number of nitrogens with zero attached hydrogens (tertiary/aromatic N) is 6. The van der Waals surface area contributed by atoms with Gasteiger partial charge in [0.2, 0.25) is 11.8 Å². The number of pyridine rings is 1. The molecule has 276 valence electrons. The van der Waals surface area contributed by atoms with Crippen molar-refractivity contribution in [2.24, 2.45) is 0 Å². The maximum Gasteiger partial charge on any atom is 0.251 e. The third-order valence-corrected chi connectivity index (χ3v) is 13.0. The van der Waals surface area contributed by atoms with Crippen molar-refractivity contribution in [3.63, 3.8) is 0 Å².